The first-order valence-electron chi connectivity index (χ1n) is 7.61. The topological polar surface area (TPSA) is 63.4 Å². The summed E-state index contributed by atoms with van der Waals surface area (Å²) in [6.45, 7) is 5.67. The van der Waals surface area contributed by atoms with E-state index in [0.29, 0.717) is 5.56 Å². The summed E-state index contributed by atoms with van der Waals surface area (Å²) in [4.78, 5) is 25.9. The molecule has 0 unspecified atom stereocenters. The van der Waals surface area contributed by atoms with Crippen molar-refractivity contribution in [3.05, 3.63) is 70.8 Å². The van der Waals surface area contributed by atoms with E-state index >= 15 is 0 Å². The van der Waals surface area contributed by atoms with Crippen molar-refractivity contribution in [3.63, 3.8) is 0 Å². The minimum atomic E-state index is -0.522. The van der Waals surface area contributed by atoms with Gasteiger partial charge in [-0.05, 0) is 38.0 Å². The van der Waals surface area contributed by atoms with Gasteiger partial charge >= 0.3 is 0 Å². The standard InChI is InChI=1S/C19H22N2O2/c1-13-9-10-17(14(2)11-13)19(23)21(12-18(20)22)15(3)16-7-5-4-6-8-16/h4-11,15H,12H2,1-3H3,(H2,20,22)/t15-/m1/s1. The fourth-order valence-corrected chi connectivity index (χ4v) is 2.67. The molecule has 0 spiro atoms. The van der Waals surface area contributed by atoms with Gasteiger partial charge in [0.05, 0.1) is 6.04 Å². The number of aryl methyl sites for hydroxylation is 2. The minimum absolute atomic E-state index is 0.109. The van der Waals surface area contributed by atoms with Crippen molar-refractivity contribution in [2.75, 3.05) is 6.54 Å². The molecule has 2 aromatic rings. The zero-order valence-corrected chi connectivity index (χ0v) is 13.7. The Bertz CT molecular complexity index is 711. The van der Waals surface area contributed by atoms with E-state index < -0.39 is 5.91 Å². The summed E-state index contributed by atoms with van der Waals surface area (Å²) in [6, 6.07) is 15.0. The second-order valence-corrected chi connectivity index (χ2v) is 5.80. The highest BCUT2D eigenvalue weighted by atomic mass is 16.2. The van der Waals surface area contributed by atoms with Crippen LogP contribution in [0.4, 0.5) is 0 Å². The van der Waals surface area contributed by atoms with Crippen molar-refractivity contribution < 1.29 is 9.59 Å². The highest BCUT2D eigenvalue weighted by Gasteiger charge is 2.25. The Hall–Kier alpha value is -2.62. The predicted octanol–water partition coefficient (Wildman–Crippen LogP) is 2.99. The maximum atomic E-state index is 12.9. The van der Waals surface area contributed by atoms with Gasteiger partial charge in [-0.25, -0.2) is 0 Å². The molecule has 0 saturated heterocycles. The summed E-state index contributed by atoms with van der Waals surface area (Å²) in [7, 11) is 0. The number of nitrogens with zero attached hydrogens (tertiary/aromatic N) is 1. The third-order valence-electron chi connectivity index (χ3n) is 3.95. The van der Waals surface area contributed by atoms with Crippen molar-refractivity contribution >= 4 is 11.8 Å². The van der Waals surface area contributed by atoms with Crippen LogP contribution in [0, 0.1) is 13.8 Å². The number of primary amides is 1. The normalized spacial score (nSPS) is 11.8. The highest BCUT2D eigenvalue weighted by molar-refractivity contribution is 5.97. The van der Waals surface area contributed by atoms with Gasteiger partial charge in [-0.2, -0.15) is 0 Å². The second-order valence-electron chi connectivity index (χ2n) is 5.80. The van der Waals surface area contributed by atoms with Crippen LogP contribution in [-0.4, -0.2) is 23.3 Å². The Morgan fingerprint density at radius 3 is 2.30 bits per heavy atom. The molecule has 4 heteroatoms. The highest BCUT2D eigenvalue weighted by Crippen LogP contribution is 2.23. The van der Waals surface area contributed by atoms with Crippen molar-refractivity contribution in [2.24, 2.45) is 5.73 Å². The maximum Gasteiger partial charge on any atom is 0.255 e. The predicted molar refractivity (Wildman–Crippen MR) is 91.0 cm³/mol. The molecule has 2 rings (SSSR count). The Kier molecular flexibility index (Phi) is 5.16. The second kappa shape index (κ2) is 7.09. The number of hydrogen-bond acceptors (Lipinski definition) is 2. The molecule has 0 saturated carbocycles. The van der Waals surface area contributed by atoms with Gasteiger partial charge in [-0.15, -0.1) is 0 Å². The van der Waals surface area contributed by atoms with Crippen LogP contribution in [0.25, 0.3) is 0 Å². The molecule has 23 heavy (non-hydrogen) atoms. The third kappa shape index (κ3) is 3.97. The van der Waals surface area contributed by atoms with E-state index in [-0.39, 0.29) is 18.5 Å². The zero-order chi connectivity index (χ0) is 17.0. The lowest BCUT2D eigenvalue weighted by molar-refractivity contribution is -0.119. The molecule has 0 bridgehead atoms. The van der Waals surface area contributed by atoms with Crippen LogP contribution >= 0.6 is 0 Å². The molecule has 0 aromatic heterocycles. The van der Waals surface area contributed by atoms with E-state index in [1.165, 1.54) is 4.90 Å². The summed E-state index contributed by atoms with van der Waals surface area (Å²) >= 11 is 0. The molecule has 4 nitrogen and oxygen atoms in total. The number of rotatable bonds is 5. The molecule has 0 aliphatic carbocycles. The molecule has 0 fully saturated rings. The number of carbonyl (C=O) groups excluding carboxylic acids is 2. The lowest BCUT2D eigenvalue weighted by Crippen LogP contribution is -2.40. The van der Waals surface area contributed by atoms with Gasteiger partial charge in [0.1, 0.15) is 6.54 Å². The van der Waals surface area contributed by atoms with Gasteiger partial charge in [0.15, 0.2) is 0 Å². The molecule has 2 amide bonds. The summed E-state index contributed by atoms with van der Waals surface area (Å²) < 4.78 is 0. The van der Waals surface area contributed by atoms with Crippen LogP contribution in [0.15, 0.2) is 48.5 Å². The molecule has 0 aliphatic heterocycles. The smallest absolute Gasteiger partial charge is 0.255 e. The van der Waals surface area contributed by atoms with E-state index in [4.69, 9.17) is 5.73 Å². The van der Waals surface area contributed by atoms with Crippen LogP contribution in [0.2, 0.25) is 0 Å². The van der Waals surface area contributed by atoms with E-state index in [2.05, 4.69) is 0 Å². The number of nitrogens with two attached hydrogens (primary N) is 1. The van der Waals surface area contributed by atoms with Crippen LogP contribution < -0.4 is 5.73 Å². The van der Waals surface area contributed by atoms with Crippen molar-refractivity contribution in [1.29, 1.82) is 0 Å². The first kappa shape index (κ1) is 16.7. The van der Waals surface area contributed by atoms with E-state index in [1.54, 1.807) is 6.07 Å². The molecule has 0 heterocycles. The fraction of sp³-hybridized carbons (Fsp3) is 0.263. The third-order valence-corrected chi connectivity index (χ3v) is 3.95. The van der Waals surface area contributed by atoms with Crippen LogP contribution in [-0.2, 0) is 4.79 Å². The Balaban J connectivity index is 2.38. The fourth-order valence-electron chi connectivity index (χ4n) is 2.67. The number of benzene rings is 2. The first-order chi connectivity index (χ1) is 10.9. The van der Waals surface area contributed by atoms with Crippen LogP contribution in [0.5, 0.6) is 0 Å². The monoisotopic (exact) mass is 310 g/mol. The number of amides is 2. The van der Waals surface area contributed by atoms with E-state index in [1.807, 2.05) is 63.2 Å². The Labute approximate surface area is 136 Å². The van der Waals surface area contributed by atoms with Gasteiger partial charge in [-0.1, -0.05) is 48.0 Å². The lowest BCUT2D eigenvalue weighted by Gasteiger charge is -2.29. The summed E-state index contributed by atoms with van der Waals surface area (Å²) in [5.74, 6) is -0.705. The zero-order valence-electron chi connectivity index (χ0n) is 13.7. The summed E-state index contributed by atoms with van der Waals surface area (Å²) in [6.07, 6.45) is 0. The molecule has 1 atom stereocenters. The van der Waals surface area contributed by atoms with E-state index in [9.17, 15) is 9.59 Å². The quantitative estimate of drug-likeness (QED) is 0.922. The number of carbonyl (C=O) groups is 2. The van der Waals surface area contributed by atoms with Crippen LogP contribution in [0.1, 0.15) is 40.0 Å². The van der Waals surface area contributed by atoms with Gasteiger partial charge < -0.3 is 10.6 Å². The van der Waals surface area contributed by atoms with Crippen LogP contribution in [0.3, 0.4) is 0 Å². The molecular weight excluding hydrogens is 288 g/mol. The van der Waals surface area contributed by atoms with Crippen molar-refractivity contribution in [3.8, 4) is 0 Å². The Morgan fingerprint density at radius 1 is 1.09 bits per heavy atom. The average molecular weight is 310 g/mol. The van der Waals surface area contributed by atoms with Gasteiger partial charge in [0.25, 0.3) is 5.91 Å². The lowest BCUT2D eigenvalue weighted by atomic mass is 10.0. The Morgan fingerprint density at radius 2 is 1.74 bits per heavy atom. The largest absolute Gasteiger partial charge is 0.368 e. The summed E-state index contributed by atoms with van der Waals surface area (Å²) in [5, 5.41) is 0. The minimum Gasteiger partial charge on any atom is -0.368 e. The molecule has 2 aromatic carbocycles. The van der Waals surface area contributed by atoms with Crippen molar-refractivity contribution in [1.82, 2.24) is 4.90 Å². The first-order valence-corrected chi connectivity index (χ1v) is 7.61. The van der Waals surface area contributed by atoms with Gasteiger partial charge in [0, 0.05) is 5.56 Å². The molecule has 120 valence electrons. The molecule has 2 N–H and O–H groups in total. The maximum absolute atomic E-state index is 12.9. The van der Waals surface area contributed by atoms with Gasteiger partial charge in [-0.3, -0.25) is 9.59 Å². The number of hydrogen-bond donors (Lipinski definition) is 1. The molecular formula is C19H22N2O2. The SMILES string of the molecule is Cc1ccc(C(=O)N(CC(N)=O)[C@H](C)c2ccccc2)c(C)c1. The molecule has 0 radical (unpaired) electrons. The average Bonchev–Trinajstić information content (AvgIpc) is 2.52. The van der Waals surface area contributed by atoms with Gasteiger partial charge in [0.2, 0.25) is 5.91 Å². The van der Waals surface area contributed by atoms with Crippen molar-refractivity contribution in [2.45, 2.75) is 26.8 Å². The molecule has 0 aliphatic rings. The van der Waals surface area contributed by atoms with E-state index in [0.717, 1.165) is 16.7 Å². The summed E-state index contributed by atoms with van der Waals surface area (Å²) in [5.41, 5.74) is 8.90.